The maximum Gasteiger partial charge on any atom is 0.246 e. The van der Waals surface area contributed by atoms with Crippen LogP contribution in [0.4, 0.5) is 0 Å². The number of carbonyl (C=O) groups is 3. The quantitative estimate of drug-likeness (QED) is 0.775. The molecule has 7 heteroatoms. The topological polar surface area (TPSA) is 70.2 Å². The van der Waals surface area contributed by atoms with Gasteiger partial charge < -0.3 is 19.4 Å². The fourth-order valence-corrected chi connectivity index (χ4v) is 4.39. The van der Waals surface area contributed by atoms with Crippen molar-refractivity contribution in [3.63, 3.8) is 0 Å². The fraction of sp³-hybridized carbons (Fsp3) is 0.571. The van der Waals surface area contributed by atoms with Crippen LogP contribution in [-0.4, -0.2) is 77.9 Å². The van der Waals surface area contributed by atoms with Crippen molar-refractivity contribution in [2.75, 3.05) is 39.4 Å². The third-order valence-electron chi connectivity index (χ3n) is 6.00. The lowest BCUT2D eigenvalue weighted by Gasteiger charge is -2.39. The molecular formula is C21H27N3O4. The van der Waals surface area contributed by atoms with Gasteiger partial charge in [0, 0.05) is 45.3 Å². The fourth-order valence-electron chi connectivity index (χ4n) is 4.39. The van der Waals surface area contributed by atoms with Crippen molar-refractivity contribution in [1.29, 1.82) is 0 Å². The van der Waals surface area contributed by atoms with Gasteiger partial charge in [0.25, 0.3) is 0 Å². The predicted octanol–water partition coefficient (Wildman–Crippen LogP) is 0.885. The van der Waals surface area contributed by atoms with Crippen LogP contribution in [0.3, 0.4) is 0 Å². The van der Waals surface area contributed by atoms with E-state index in [1.165, 1.54) is 0 Å². The van der Waals surface area contributed by atoms with E-state index in [1.54, 1.807) is 9.80 Å². The molecule has 0 aromatic heterocycles. The number of ether oxygens (including phenoxy) is 1. The Hall–Kier alpha value is -2.41. The predicted molar refractivity (Wildman–Crippen MR) is 102 cm³/mol. The van der Waals surface area contributed by atoms with E-state index in [9.17, 15) is 14.4 Å². The summed E-state index contributed by atoms with van der Waals surface area (Å²) in [5.74, 6) is 0.110. The Kier molecular flexibility index (Phi) is 5.62. The lowest BCUT2D eigenvalue weighted by Crippen LogP contribution is -2.59. The van der Waals surface area contributed by atoms with Crippen LogP contribution in [0.25, 0.3) is 0 Å². The van der Waals surface area contributed by atoms with Crippen LogP contribution in [0.15, 0.2) is 30.3 Å². The largest absolute Gasteiger partial charge is 0.381 e. The lowest BCUT2D eigenvalue weighted by atomic mass is 9.98. The van der Waals surface area contributed by atoms with Gasteiger partial charge in [0.15, 0.2) is 0 Å². The summed E-state index contributed by atoms with van der Waals surface area (Å²) in [4.78, 5) is 43.8. The molecule has 0 radical (unpaired) electrons. The standard InChI is InChI=1S/C21H27N3O4/c25-19-15-23(14-16-4-2-1-3-5-16)21(27)18-6-9-22(10-11-24(18)19)20(26)17-7-12-28-13-8-17/h1-5,17-18H,6-15H2. The zero-order chi connectivity index (χ0) is 19.5. The first-order chi connectivity index (χ1) is 13.6. The zero-order valence-electron chi connectivity index (χ0n) is 16.1. The number of fused-ring (bicyclic) bond motifs is 1. The maximum absolute atomic E-state index is 13.1. The minimum absolute atomic E-state index is 0.00450. The van der Waals surface area contributed by atoms with Crippen molar-refractivity contribution in [2.24, 2.45) is 5.92 Å². The van der Waals surface area contributed by atoms with Crippen LogP contribution >= 0.6 is 0 Å². The number of piperazine rings is 1. The molecule has 1 atom stereocenters. The molecule has 3 aliphatic heterocycles. The summed E-state index contributed by atoms with van der Waals surface area (Å²) in [6.45, 7) is 3.27. The number of hydrogen-bond acceptors (Lipinski definition) is 4. The van der Waals surface area contributed by atoms with Crippen molar-refractivity contribution in [2.45, 2.75) is 31.8 Å². The molecule has 0 spiro atoms. The minimum atomic E-state index is -0.461. The Labute approximate surface area is 165 Å². The highest BCUT2D eigenvalue weighted by molar-refractivity contribution is 5.95. The van der Waals surface area contributed by atoms with Crippen molar-refractivity contribution >= 4 is 17.7 Å². The molecule has 1 aromatic rings. The van der Waals surface area contributed by atoms with Gasteiger partial charge >= 0.3 is 0 Å². The molecule has 3 saturated heterocycles. The van der Waals surface area contributed by atoms with Gasteiger partial charge in [0.05, 0.1) is 0 Å². The monoisotopic (exact) mass is 385 g/mol. The molecule has 150 valence electrons. The van der Waals surface area contributed by atoms with E-state index >= 15 is 0 Å². The molecule has 4 rings (SSSR count). The number of carbonyl (C=O) groups excluding carboxylic acids is 3. The van der Waals surface area contributed by atoms with E-state index in [4.69, 9.17) is 4.74 Å². The average molecular weight is 385 g/mol. The first-order valence-corrected chi connectivity index (χ1v) is 10.1. The van der Waals surface area contributed by atoms with E-state index in [1.807, 2.05) is 35.2 Å². The van der Waals surface area contributed by atoms with Crippen LogP contribution in [-0.2, 0) is 25.7 Å². The van der Waals surface area contributed by atoms with E-state index < -0.39 is 6.04 Å². The van der Waals surface area contributed by atoms with E-state index in [0.717, 1.165) is 18.4 Å². The van der Waals surface area contributed by atoms with Gasteiger partial charge in [-0.25, -0.2) is 0 Å². The van der Waals surface area contributed by atoms with Crippen molar-refractivity contribution in [3.05, 3.63) is 35.9 Å². The minimum Gasteiger partial charge on any atom is -0.381 e. The SMILES string of the molecule is O=C(C1CCOCC1)N1CCC2C(=O)N(Cc3ccccc3)CC(=O)N2CC1. The molecule has 1 unspecified atom stereocenters. The second kappa shape index (κ2) is 8.31. The van der Waals surface area contributed by atoms with E-state index in [0.29, 0.717) is 45.8 Å². The zero-order valence-corrected chi connectivity index (χ0v) is 16.1. The van der Waals surface area contributed by atoms with Gasteiger partial charge in [-0.05, 0) is 24.8 Å². The third kappa shape index (κ3) is 3.90. The Balaban J connectivity index is 1.43. The maximum atomic E-state index is 13.1. The van der Waals surface area contributed by atoms with Gasteiger partial charge in [-0.3, -0.25) is 14.4 Å². The van der Waals surface area contributed by atoms with Crippen molar-refractivity contribution in [1.82, 2.24) is 14.7 Å². The second-order valence-electron chi connectivity index (χ2n) is 7.78. The lowest BCUT2D eigenvalue weighted by molar-refractivity contribution is -0.156. The normalized spacial score (nSPS) is 24.1. The Morgan fingerprint density at radius 3 is 2.50 bits per heavy atom. The molecule has 7 nitrogen and oxygen atoms in total. The molecule has 0 aliphatic carbocycles. The molecule has 0 saturated carbocycles. The van der Waals surface area contributed by atoms with Gasteiger partial charge in [0.1, 0.15) is 12.6 Å². The number of benzene rings is 1. The molecule has 28 heavy (non-hydrogen) atoms. The smallest absolute Gasteiger partial charge is 0.246 e. The average Bonchev–Trinajstić information content (AvgIpc) is 2.96. The Morgan fingerprint density at radius 2 is 1.75 bits per heavy atom. The van der Waals surface area contributed by atoms with E-state index in [-0.39, 0.29) is 30.2 Å². The van der Waals surface area contributed by atoms with Crippen molar-refractivity contribution < 1.29 is 19.1 Å². The summed E-state index contributed by atoms with van der Waals surface area (Å²) in [5.41, 5.74) is 1.02. The summed E-state index contributed by atoms with van der Waals surface area (Å²) in [7, 11) is 0. The number of nitrogens with zero attached hydrogens (tertiary/aromatic N) is 3. The van der Waals surface area contributed by atoms with Crippen LogP contribution in [0, 0.1) is 5.92 Å². The first kappa shape index (κ1) is 18.9. The highest BCUT2D eigenvalue weighted by atomic mass is 16.5. The van der Waals surface area contributed by atoms with Gasteiger partial charge in [-0.15, -0.1) is 0 Å². The van der Waals surface area contributed by atoms with Crippen LogP contribution in [0.5, 0.6) is 0 Å². The highest BCUT2D eigenvalue weighted by Gasteiger charge is 2.41. The molecule has 0 N–H and O–H groups in total. The third-order valence-corrected chi connectivity index (χ3v) is 6.00. The summed E-state index contributed by atoms with van der Waals surface area (Å²) >= 11 is 0. The Morgan fingerprint density at radius 1 is 1.00 bits per heavy atom. The molecular weight excluding hydrogens is 358 g/mol. The number of rotatable bonds is 3. The number of amides is 3. The van der Waals surface area contributed by atoms with Gasteiger partial charge in [0.2, 0.25) is 17.7 Å². The van der Waals surface area contributed by atoms with Crippen LogP contribution < -0.4 is 0 Å². The molecule has 1 aromatic carbocycles. The summed E-state index contributed by atoms with van der Waals surface area (Å²) in [6, 6.07) is 9.27. The van der Waals surface area contributed by atoms with Crippen LogP contribution in [0.2, 0.25) is 0 Å². The molecule has 3 fully saturated rings. The summed E-state index contributed by atoms with van der Waals surface area (Å²) in [6.07, 6.45) is 2.02. The first-order valence-electron chi connectivity index (χ1n) is 10.1. The summed E-state index contributed by atoms with van der Waals surface area (Å²) < 4.78 is 5.35. The second-order valence-corrected chi connectivity index (χ2v) is 7.78. The van der Waals surface area contributed by atoms with Crippen LogP contribution in [0.1, 0.15) is 24.8 Å². The van der Waals surface area contributed by atoms with Gasteiger partial charge in [-0.1, -0.05) is 30.3 Å². The highest BCUT2D eigenvalue weighted by Crippen LogP contribution is 2.23. The number of hydrogen-bond donors (Lipinski definition) is 0. The van der Waals surface area contributed by atoms with E-state index in [2.05, 4.69) is 0 Å². The Bertz CT molecular complexity index is 732. The summed E-state index contributed by atoms with van der Waals surface area (Å²) in [5, 5.41) is 0. The molecule has 0 bridgehead atoms. The molecule has 3 amide bonds. The molecule has 3 aliphatic rings. The molecule has 3 heterocycles. The van der Waals surface area contributed by atoms with Gasteiger partial charge in [-0.2, -0.15) is 0 Å². The van der Waals surface area contributed by atoms with Crippen molar-refractivity contribution in [3.8, 4) is 0 Å².